The van der Waals surface area contributed by atoms with Gasteiger partial charge in [-0.1, -0.05) is 17.7 Å². The Hall–Kier alpha value is -3.42. The number of hydrogen-bond acceptors (Lipinski definition) is 6. The number of nitro groups is 1. The van der Waals surface area contributed by atoms with Crippen LogP contribution in [0, 0.1) is 30.9 Å². The Morgan fingerprint density at radius 1 is 1.18 bits per heavy atom. The van der Waals surface area contributed by atoms with Gasteiger partial charge in [-0.2, -0.15) is 0 Å². The summed E-state index contributed by atoms with van der Waals surface area (Å²) < 4.78 is 11.9. The van der Waals surface area contributed by atoms with Crippen molar-refractivity contribution in [2.24, 2.45) is 0 Å². The molecule has 0 saturated carbocycles. The summed E-state index contributed by atoms with van der Waals surface area (Å²) in [4.78, 5) is 34.5. The van der Waals surface area contributed by atoms with Gasteiger partial charge in [-0.25, -0.2) is 4.79 Å². The van der Waals surface area contributed by atoms with Crippen LogP contribution in [0.1, 0.15) is 29.5 Å². The molecule has 0 aliphatic heterocycles. The number of esters is 1. The summed E-state index contributed by atoms with van der Waals surface area (Å²) >= 11 is 0. The molecule has 8 heteroatoms. The average molecular weight is 384 g/mol. The molecule has 0 aliphatic rings. The molecule has 3 rings (SSSR count). The maximum absolute atomic E-state index is 12.2. The number of ether oxygens (including phenoxy) is 1. The summed E-state index contributed by atoms with van der Waals surface area (Å²) in [5.41, 5.74) is 3.33. The molecule has 0 aliphatic carbocycles. The molecule has 28 heavy (non-hydrogen) atoms. The molecule has 2 aromatic carbocycles. The van der Waals surface area contributed by atoms with Crippen molar-refractivity contribution < 1.29 is 18.9 Å². The van der Waals surface area contributed by atoms with Gasteiger partial charge >= 0.3 is 11.7 Å². The number of non-ortho nitro benzene ring substituents is 1. The Balaban J connectivity index is 1.67. The second-order valence-corrected chi connectivity index (χ2v) is 6.73. The monoisotopic (exact) mass is 384 g/mol. The zero-order chi connectivity index (χ0) is 20.4. The van der Waals surface area contributed by atoms with Crippen LogP contribution >= 0.6 is 0 Å². The van der Waals surface area contributed by atoms with E-state index in [0.29, 0.717) is 17.7 Å². The van der Waals surface area contributed by atoms with E-state index in [2.05, 4.69) is 0 Å². The Kier molecular flexibility index (Phi) is 5.30. The van der Waals surface area contributed by atoms with Crippen LogP contribution in [0.15, 0.2) is 39.5 Å². The number of carbonyl (C=O) groups excluding carboxylic acids is 1. The Bertz CT molecular complexity index is 1100. The third kappa shape index (κ3) is 3.95. The summed E-state index contributed by atoms with van der Waals surface area (Å²) in [6, 6.07) is 7.89. The fourth-order valence-electron chi connectivity index (χ4n) is 3.25. The summed E-state index contributed by atoms with van der Waals surface area (Å²) in [6.45, 7) is 6.00. The van der Waals surface area contributed by atoms with E-state index in [0.717, 1.165) is 16.7 Å². The molecule has 0 N–H and O–H groups in total. The fourth-order valence-corrected chi connectivity index (χ4v) is 3.25. The van der Waals surface area contributed by atoms with Crippen molar-refractivity contribution >= 4 is 22.8 Å². The van der Waals surface area contributed by atoms with Gasteiger partial charge in [-0.3, -0.25) is 19.5 Å². The number of nitrogens with zero attached hydrogens (tertiary/aromatic N) is 2. The first-order valence-corrected chi connectivity index (χ1v) is 8.82. The summed E-state index contributed by atoms with van der Waals surface area (Å²) in [6.07, 6.45) is 0.493. The van der Waals surface area contributed by atoms with Gasteiger partial charge in [0.25, 0.3) is 5.69 Å². The minimum atomic E-state index is -0.617. The molecule has 0 bridgehead atoms. The van der Waals surface area contributed by atoms with E-state index >= 15 is 0 Å². The molecule has 146 valence electrons. The Morgan fingerprint density at radius 3 is 2.50 bits per heavy atom. The minimum absolute atomic E-state index is 0.124. The minimum Gasteiger partial charge on any atom is -0.426 e. The van der Waals surface area contributed by atoms with E-state index < -0.39 is 10.7 Å². The van der Waals surface area contributed by atoms with Crippen molar-refractivity contribution in [2.75, 3.05) is 0 Å². The molecule has 0 atom stereocenters. The zero-order valence-corrected chi connectivity index (χ0v) is 15.9. The van der Waals surface area contributed by atoms with Crippen molar-refractivity contribution in [1.82, 2.24) is 4.57 Å². The number of hydrogen-bond donors (Lipinski definition) is 0. The number of carbonyl (C=O) groups is 1. The summed E-state index contributed by atoms with van der Waals surface area (Å²) in [5.74, 6) is -0.436. The molecule has 3 aromatic rings. The van der Waals surface area contributed by atoms with Crippen molar-refractivity contribution in [3.05, 3.63) is 67.7 Å². The molecule has 0 radical (unpaired) electrons. The number of aromatic nitrogens is 1. The van der Waals surface area contributed by atoms with E-state index in [9.17, 15) is 19.7 Å². The Morgan fingerprint density at radius 2 is 1.86 bits per heavy atom. The van der Waals surface area contributed by atoms with Gasteiger partial charge in [0.05, 0.1) is 16.5 Å². The van der Waals surface area contributed by atoms with Crippen LogP contribution in [0.5, 0.6) is 5.75 Å². The van der Waals surface area contributed by atoms with E-state index in [4.69, 9.17) is 9.15 Å². The second kappa shape index (κ2) is 7.67. The molecule has 8 nitrogen and oxygen atoms in total. The number of nitro benzene ring substituents is 1. The quantitative estimate of drug-likeness (QED) is 0.277. The normalized spacial score (nSPS) is 11.0. The first-order chi connectivity index (χ1) is 13.3. The second-order valence-electron chi connectivity index (χ2n) is 6.73. The SMILES string of the molecule is Cc1cc(C)c(OC(=O)CCCn2c(=O)oc3cc([N+](=O)[O-])ccc32)c(C)c1. The largest absolute Gasteiger partial charge is 0.426 e. The number of oxazole rings is 1. The Labute approximate surface area is 160 Å². The smallest absolute Gasteiger partial charge is 0.419 e. The molecule has 0 fully saturated rings. The van der Waals surface area contributed by atoms with Crippen LogP contribution in [-0.4, -0.2) is 15.5 Å². The van der Waals surface area contributed by atoms with Crippen molar-refractivity contribution in [3.8, 4) is 5.75 Å². The maximum Gasteiger partial charge on any atom is 0.419 e. The van der Waals surface area contributed by atoms with Crippen LogP contribution < -0.4 is 10.5 Å². The molecule has 0 spiro atoms. The van der Waals surface area contributed by atoms with Crippen molar-refractivity contribution in [2.45, 2.75) is 40.2 Å². The van der Waals surface area contributed by atoms with Gasteiger partial charge in [-0.05, 0) is 44.4 Å². The van der Waals surface area contributed by atoms with E-state index in [1.54, 1.807) is 0 Å². The van der Waals surface area contributed by atoms with E-state index in [-0.39, 0.29) is 30.2 Å². The van der Waals surface area contributed by atoms with Gasteiger partial charge < -0.3 is 9.15 Å². The first-order valence-electron chi connectivity index (χ1n) is 8.82. The lowest BCUT2D eigenvalue weighted by Crippen LogP contribution is -2.16. The third-order valence-electron chi connectivity index (χ3n) is 4.45. The third-order valence-corrected chi connectivity index (χ3v) is 4.45. The van der Waals surface area contributed by atoms with Crippen LogP contribution in [0.4, 0.5) is 5.69 Å². The molecular weight excluding hydrogens is 364 g/mol. The van der Waals surface area contributed by atoms with Crippen molar-refractivity contribution in [1.29, 1.82) is 0 Å². The van der Waals surface area contributed by atoms with Crippen LogP contribution in [0.3, 0.4) is 0 Å². The molecular formula is C20H20N2O6. The molecule has 0 amide bonds. The standard InChI is InChI=1S/C20H20N2O6/c1-12-9-13(2)19(14(3)10-12)28-18(23)5-4-8-21-16-7-6-15(22(25)26)11-17(16)27-20(21)24/h6-7,9-11H,4-5,8H2,1-3H3. The number of fused-ring (bicyclic) bond motifs is 1. The highest BCUT2D eigenvalue weighted by Gasteiger charge is 2.15. The fraction of sp³-hybridized carbons (Fsp3) is 0.300. The number of aryl methyl sites for hydroxylation is 4. The van der Waals surface area contributed by atoms with Gasteiger partial charge in [0.1, 0.15) is 5.75 Å². The number of rotatable bonds is 6. The van der Waals surface area contributed by atoms with Crippen molar-refractivity contribution in [3.63, 3.8) is 0 Å². The average Bonchev–Trinajstić information content (AvgIpc) is 2.92. The number of benzene rings is 2. The van der Waals surface area contributed by atoms with E-state index in [1.165, 1.54) is 22.8 Å². The van der Waals surface area contributed by atoms with Crippen LogP contribution in [0.25, 0.3) is 11.1 Å². The lowest BCUT2D eigenvalue weighted by atomic mass is 10.1. The predicted octanol–water partition coefficient (Wildman–Crippen LogP) is 3.81. The molecule has 0 unspecified atom stereocenters. The van der Waals surface area contributed by atoms with Gasteiger partial charge in [0.2, 0.25) is 0 Å². The lowest BCUT2D eigenvalue weighted by molar-refractivity contribution is -0.384. The van der Waals surface area contributed by atoms with Crippen LogP contribution in [0.2, 0.25) is 0 Å². The summed E-state index contributed by atoms with van der Waals surface area (Å²) in [5, 5.41) is 10.8. The van der Waals surface area contributed by atoms with Gasteiger partial charge in [0, 0.05) is 19.0 Å². The lowest BCUT2D eigenvalue weighted by Gasteiger charge is -2.11. The summed E-state index contributed by atoms with van der Waals surface area (Å²) in [7, 11) is 0. The first kappa shape index (κ1) is 19.3. The maximum atomic E-state index is 12.2. The highest BCUT2D eigenvalue weighted by molar-refractivity contribution is 5.76. The highest BCUT2D eigenvalue weighted by atomic mass is 16.6. The van der Waals surface area contributed by atoms with Crippen LogP contribution in [-0.2, 0) is 11.3 Å². The van der Waals surface area contributed by atoms with Gasteiger partial charge in [0.15, 0.2) is 5.58 Å². The highest BCUT2D eigenvalue weighted by Crippen LogP contribution is 2.25. The molecule has 1 aromatic heterocycles. The molecule has 0 saturated heterocycles. The van der Waals surface area contributed by atoms with Gasteiger partial charge in [-0.15, -0.1) is 0 Å². The predicted molar refractivity (Wildman–Crippen MR) is 103 cm³/mol. The zero-order valence-electron chi connectivity index (χ0n) is 15.9. The van der Waals surface area contributed by atoms with E-state index in [1.807, 2.05) is 32.9 Å². The molecule has 1 heterocycles. The topological polar surface area (TPSA) is 105 Å².